The molecule has 2 aromatic rings. The van der Waals surface area contributed by atoms with E-state index >= 15 is 0 Å². The fourth-order valence-corrected chi connectivity index (χ4v) is 2.16. The standard InChI is InChI=1S/C12H18N6OS/c1-8-4-15-18(6-8)10(3)9(2)13-5-11(19)16-12-17-14-7-20-12/h4,6-7,9-10,13H,5H2,1-3H3,(H,16,17,19)/t9-,10-/m0/s1. The zero-order valence-electron chi connectivity index (χ0n) is 11.7. The number of aromatic nitrogens is 4. The highest BCUT2D eigenvalue weighted by Crippen LogP contribution is 2.11. The Hall–Kier alpha value is -1.80. The lowest BCUT2D eigenvalue weighted by Gasteiger charge is -2.21. The molecule has 2 atom stereocenters. The minimum Gasteiger partial charge on any atom is -0.304 e. The summed E-state index contributed by atoms with van der Waals surface area (Å²) in [6.45, 7) is 6.32. The summed E-state index contributed by atoms with van der Waals surface area (Å²) in [5.74, 6) is -0.127. The van der Waals surface area contributed by atoms with Gasteiger partial charge in [0.1, 0.15) is 5.51 Å². The largest absolute Gasteiger partial charge is 0.304 e. The van der Waals surface area contributed by atoms with Crippen molar-refractivity contribution in [2.24, 2.45) is 0 Å². The number of rotatable bonds is 6. The number of anilines is 1. The second kappa shape index (κ2) is 6.58. The van der Waals surface area contributed by atoms with Crippen LogP contribution in [0.4, 0.5) is 5.13 Å². The topological polar surface area (TPSA) is 84.7 Å². The number of nitrogens with zero attached hydrogens (tertiary/aromatic N) is 4. The van der Waals surface area contributed by atoms with Crippen LogP contribution in [-0.2, 0) is 4.79 Å². The minimum atomic E-state index is -0.127. The van der Waals surface area contributed by atoms with E-state index in [9.17, 15) is 4.79 Å². The van der Waals surface area contributed by atoms with E-state index in [0.29, 0.717) is 5.13 Å². The van der Waals surface area contributed by atoms with Gasteiger partial charge in [-0.1, -0.05) is 11.3 Å². The third kappa shape index (κ3) is 3.84. The molecule has 8 heteroatoms. The van der Waals surface area contributed by atoms with Crippen LogP contribution in [-0.4, -0.2) is 38.5 Å². The van der Waals surface area contributed by atoms with Crippen molar-refractivity contribution in [2.45, 2.75) is 32.9 Å². The van der Waals surface area contributed by atoms with Crippen LogP contribution in [0.1, 0.15) is 25.5 Å². The Morgan fingerprint density at radius 1 is 1.50 bits per heavy atom. The summed E-state index contributed by atoms with van der Waals surface area (Å²) in [4.78, 5) is 11.7. The van der Waals surface area contributed by atoms with E-state index in [1.807, 2.05) is 30.9 Å². The Balaban J connectivity index is 1.79. The van der Waals surface area contributed by atoms with Gasteiger partial charge in [0.05, 0.1) is 18.8 Å². The maximum absolute atomic E-state index is 11.7. The average molecular weight is 294 g/mol. The molecule has 0 unspecified atom stereocenters. The van der Waals surface area contributed by atoms with Crippen LogP contribution in [0.25, 0.3) is 0 Å². The Morgan fingerprint density at radius 2 is 2.30 bits per heavy atom. The molecule has 108 valence electrons. The quantitative estimate of drug-likeness (QED) is 0.837. The number of aryl methyl sites for hydroxylation is 1. The van der Waals surface area contributed by atoms with Gasteiger partial charge >= 0.3 is 0 Å². The molecule has 0 aliphatic heterocycles. The van der Waals surface area contributed by atoms with Crippen molar-refractivity contribution < 1.29 is 4.79 Å². The van der Waals surface area contributed by atoms with Crippen molar-refractivity contribution in [3.8, 4) is 0 Å². The van der Waals surface area contributed by atoms with Gasteiger partial charge in [-0.2, -0.15) is 5.10 Å². The van der Waals surface area contributed by atoms with Crippen molar-refractivity contribution in [2.75, 3.05) is 11.9 Å². The molecule has 2 aromatic heterocycles. The van der Waals surface area contributed by atoms with E-state index in [-0.39, 0.29) is 24.5 Å². The zero-order valence-corrected chi connectivity index (χ0v) is 12.5. The van der Waals surface area contributed by atoms with Gasteiger partial charge in [-0.15, -0.1) is 10.2 Å². The van der Waals surface area contributed by atoms with E-state index in [2.05, 4.69) is 32.9 Å². The van der Waals surface area contributed by atoms with E-state index < -0.39 is 0 Å². The molecule has 7 nitrogen and oxygen atoms in total. The summed E-state index contributed by atoms with van der Waals surface area (Å²) in [5.41, 5.74) is 2.70. The van der Waals surface area contributed by atoms with Gasteiger partial charge in [0.15, 0.2) is 0 Å². The fourth-order valence-electron chi connectivity index (χ4n) is 1.70. The van der Waals surface area contributed by atoms with Crippen molar-refractivity contribution in [3.05, 3.63) is 23.5 Å². The first-order valence-electron chi connectivity index (χ1n) is 6.36. The molecule has 2 rings (SSSR count). The average Bonchev–Trinajstić information content (AvgIpc) is 3.06. The fraction of sp³-hybridized carbons (Fsp3) is 0.500. The van der Waals surface area contributed by atoms with Gasteiger partial charge < -0.3 is 5.32 Å². The monoisotopic (exact) mass is 294 g/mol. The summed E-state index contributed by atoms with van der Waals surface area (Å²) in [5, 5.41) is 18.1. The summed E-state index contributed by atoms with van der Waals surface area (Å²) in [6.07, 6.45) is 3.82. The van der Waals surface area contributed by atoms with Crippen LogP contribution in [0, 0.1) is 6.92 Å². The summed E-state index contributed by atoms with van der Waals surface area (Å²) in [6, 6.07) is 0.285. The Kier molecular flexibility index (Phi) is 4.80. The van der Waals surface area contributed by atoms with E-state index in [1.54, 1.807) is 5.51 Å². The Bertz CT molecular complexity index is 552. The maximum atomic E-state index is 11.7. The molecular formula is C12H18N6OS. The molecule has 0 saturated carbocycles. The van der Waals surface area contributed by atoms with E-state index in [4.69, 9.17) is 0 Å². The molecule has 0 spiro atoms. The number of carbonyl (C=O) groups excluding carboxylic acids is 1. The van der Waals surface area contributed by atoms with Crippen molar-refractivity contribution >= 4 is 22.4 Å². The zero-order chi connectivity index (χ0) is 14.5. The van der Waals surface area contributed by atoms with Crippen molar-refractivity contribution in [1.82, 2.24) is 25.3 Å². The summed E-state index contributed by atoms with van der Waals surface area (Å²) in [7, 11) is 0. The maximum Gasteiger partial charge on any atom is 0.240 e. The lowest BCUT2D eigenvalue weighted by atomic mass is 10.2. The summed E-state index contributed by atoms with van der Waals surface area (Å²) < 4.78 is 1.90. The third-order valence-electron chi connectivity index (χ3n) is 3.06. The SMILES string of the molecule is Cc1cnn([C@@H](C)[C@H](C)NCC(=O)Nc2nncs2)c1. The molecule has 0 radical (unpaired) electrons. The summed E-state index contributed by atoms with van der Waals surface area (Å²) >= 11 is 1.30. The number of nitrogens with one attached hydrogen (secondary N) is 2. The predicted octanol–water partition coefficient (Wildman–Crippen LogP) is 1.22. The number of hydrogen-bond acceptors (Lipinski definition) is 6. The van der Waals surface area contributed by atoms with Gasteiger partial charge in [-0.25, -0.2) is 0 Å². The molecule has 0 aromatic carbocycles. The third-order valence-corrected chi connectivity index (χ3v) is 3.67. The molecule has 0 aliphatic carbocycles. The first-order chi connectivity index (χ1) is 9.56. The van der Waals surface area contributed by atoms with Crippen LogP contribution in [0.3, 0.4) is 0 Å². The van der Waals surface area contributed by atoms with E-state index in [1.165, 1.54) is 11.3 Å². The molecule has 0 aliphatic rings. The molecule has 20 heavy (non-hydrogen) atoms. The normalized spacial score (nSPS) is 13.9. The smallest absolute Gasteiger partial charge is 0.240 e. The molecule has 0 saturated heterocycles. The van der Waals surface area contributed by atoms with Crippen LogP contribution in [0.2, 0.25) is 0 Å². The van der Waals surface area contributed by atoms with Gasteiger partial charge in [0, 0.05) is 12.2 Å². The van der Waals surface area contributed by atoms with Crippen LogP contribution >= 0.6 is 11.3 Å². The molecule has 0 bridgehead atoms. The number of amides is 1. The van der Waals surface area contributed by atoms with Gasteiger partial charge in [-0.05, 0) is 26.3 Å². The first-order valence-corrected chi connectivity index (χ1v) is 7.24. The lowest BCUT2D eigenvalue weighted by Crippen LogP contribution is -2.39. The van der Waals surface area contributed by atoms with Crippen LogP contribution < -0.4 is 10.6 Å². The first kappa shape index (κ1) is 14.6. The highest BCUT2D eigenvalue weighted by Gasteiger charge is 2.15. The van der Waals surface area contributed by atoms with Crippen LogP contribution in [0.5, 0.6) is 0 Å². The second-order valence-electron chi connectivity index (χ2n) is 4.70. The molecule has 1 amide bonds. The van der Waals surface area contributed by atoms with Gasteiger partial charge in [0.25, 0.3) is 0 Å². The number of carbonyl (C=O) groups is 1. The van der Waals surface area contributed by atoms with Crippen LogP contribution in [0.15, 0.2) is 17.9 Å². The highest BCUT2D eigenvalue weighted by atomic mass is 32.1. The minimum absolute atomic E-state index is 0.120. The van der Waals surface area contributed by atoms with Crippen molar-refractivity contribution in [1.29, 1.82) is 0 Å². The molecule has 0 fully saturated rings. The van der Waals surface area contributed by atoms with Gasteiger partial charge in [0.2, 0.25) is 11.0 Å². The molecule has 2 heterocycles. The second-order valence-corrected chi connectivity index (χ2v) is 5.53. The predicted molar refractivity (Wildman–Crippen MR) is 77.7 cm³/mol. The molecular weight excluding hydrogens is 276 g/mol. The highest BCUT2D eigenvalue weighted by molar-refractivity contribution is 7.13. The Morgan fingerprint density at radius 3 is 2.90 bits per heavy atom. The molecule has 2 N–H and O–H groups in total. The number of hydrogen-bond donors (Lipinski definition) is 2. The van der Waals surface area contributed by atoms with Crippen molar-refractivity contribution in [3.63, 3.8) is 0 Å². The van der Waals surface area contributed by atoms with E-state index in [0.717, 1.165) is 5.56 Å². The van der Waals surface area contributed by atoms with Gasteiger partial charge in [-0.3, -0.25) is 14.8 Å². The lowest BCUT2D eigenvalue weighted by molar-refractivity contribution is -0.115. The Labute approximate surface area is 121 Å².